The maximum absolute atomic E-state index is 11.7. The standard InChI is InChI=1S/C11H11BrN2O4/c1-2-11(6-15)4-3-8(18-11)14-5-7(12)9(16)13-10(14)17/h1,5,8,15H,3-4,6H2,(H,13,16,17). The lowest BCUT2D eigenvalue weighted by Crippen LogP contribution is -2.35. The van der Waals surface area contributed by atoms with Crippen molar-refractivity contribution in [3.8, 4) is 12.3 Å². The molecule has 2 heterocycles. The highest BCUT2D eigenvalue weighted by Gasteiger charge is 2.39. The quantitative estimate of drug-likeness (QED) is 0.751. The number of hydrogen-bond donors (Lipinski definition) is 2. The number of ether oxygens (including phenoxy) is 1. The lowest BCUT2D eigenvalue weighted by atomic mass is 10.0. The molecule has 0 spiro atoms. The van der Waals surface area contributed by atoms with Gasteiger partial charge in [-0.05, 0) is 28.8 Å². The van der Waals surface area contributed by atoms with Crippen LogP contribution in [0.1, 0.15) is 19.1 Å². The summed E-state index contributed by atoms with van der Waals surface area (Å²) in [6, 6.07) is 0. The highest BCUT2D eigenvalue weighted by Crippen LogP contribution is 2.35. The molecule has 1 aliphatic heterocycles. The fourth-order valence-corrected chi connectivity index (χ4v) is 2.19. The molecule has 0 aliphatic carbocycles. The summed E-state index contributed by atoms with van der Waals surface area (Å²) in [5.74, 6) is 2.40. The average molecular weight is 315 g/mol. The number of aromatic nitrogens is 2. The van der Waals surface area contributed by atoms with Crippen LogP contribution in [0.25, 0.3) is 0 Å². The summed E-state index contributed by atoms with van der Waals surface area (Å²) in [4.78, 5) is 25.0. The summed E-state index contributed by atoms with van der Waals surface area (Å²) in [5, 5.41) is 9.23. The van der Waals surface area contributed by atoms with Gasteiger partial charge in [0, 0.05) is 6.20 Å². The first-order valence-corrected chi connectivity index (χ1v) is 6.08. The van der Waals surface area contributed by atoms with E-state index in [-0.39, 0.29) is 11.1 Å². The molecule has 96 valence electrons. The van der Waals surface area contributed by atoms with Gasteiger partial charge in [-0.1, -0.05) is 5.92 Å². The smallest absolute Gasteiger partial charge is 0.330 e. The van der Waals surface area contributed by atoms with Gasteiger partial charge in [0.1, 0.15) is 6.23 Å². The van der Waals surface area contributed by atoms with Gasteiger partial charge in [-0.3, -0.25) is 14.3 Å². The van der Waals surface area contributed by atoms with Gasteiger partial charge in [0.05, 0.1) is 11.1 Å². The topological polar surface area (TPSA) is 84.3 Å². The largest absolute Gasteiger partial charge is 0.392 e. The van der Waals surface area contributed by atoms with Crippen molar-refractivity contribution in [1.82, 2.24) is 9.55 Å². The van der Waals surface area contributed by atoms with Crippen molar-refractivity contribution < 1.29 is 9.84 Å². The molecular weight excluding hydrogens is 304 g/mol. The van der Waals surface area contributed by atoms with E-state index in [1.54, 1.807) is 0 Å². The number of aliphatic hydroxyl groups is 1. The third kappa shape index (κ3) is 2.14. The van der Waals surface area contributed by atoms with Crippen molar-refractivity contribution in [3.63, 3.8) is 0 Å². The van der Waals surface area contributed by atoms with Crippen molar-refractivity contribution in [2.45, 2.75) is 24.7 Å². The SMILES string of the molecule is C#CC1(CO)CCC(n2cc(Br)c(=O)[nH]c2=O)O1. The minimum absolute atomic E-state index is 0.230. The van der Waals surface area contributed by atoms with Crippen LogP contribution in [0.4, 0.5) is 0 Å². The number of terminal acetylenes is 1. The van der Waals surface area contributed by atoms with E-state index in [0.717, 1.165) is 0 Å². The monoisotopic (exact) mass is 314 g/mol. The Morgan fingerprint density at radius 3 is 3.00 bits per heavy atom. The Morgan fingerprint density at radius 1 is 1.72 bits per heavy atom. The molecule has 0 bridgehead atoms. The van der Waals surface area contributed by atoms with E-state index in [9.17, 15) is 14.7 Å². The molecule has 0 aromatic carbocycles. The zero-order valence-corrected chi connectivity index (χ0v) is 10.9. The number of aliphatic hydroxyl groups excluding tert-OH is 1. The summed E-state index contributed by atoms with van der Waals surface area (Å²) >= 11 is 3.04. The molecule has 1 aromatic rings. The first kappa shape index (κ1) is 13.1. The Morgan fingerprint density at radius 2 is 2.44 bits per heavy atom. The molecule has 2 unspecified atom stereocenters. The molecule has 0 amide bonds. The average Bonchev–Trinajstić information content (AvgIpc) is 2.79. The van der Waals surface area contributed by atoms with Crippen LogP contribution in [-0.4, -0.2) is 26.9 Å². The van der Waals surface area contributed by atoms with Crippen LogP contribution in [0.5, 0.6) is 0 Å². The molecule has 1 aromatic heterocycles. The number of nitrogens with one attached hydrogen (secondary N) is 1. The second-order valence-corrected chi connectivity index (χ2v) is 4.91. The maximum Gasteiger partial charge on any atom is 0.330 e. The van der Waals surface area contributed by atoms with E-state index in [1.807, 2.05) is 0 Å². The van der Waals surface area contributed by atoms with Crippen LogP contribution in [0.2, 0.25) is 0 Å². The zero-order chi connectivity index (χ0) is 13.3. The molecule has 1 aliphatic rings. The normalized spacial score (nSPS) is 27.1. The predicted molar refractivity (Wildman–Crippen MR) is 67.0 cm³/mol. The number of hydrogen-bond acceptors (Lipinski definition) is 4. The molecule has 2 atom stereocenters. The number of halogens is 1. The van der Waals surface area contributed by atoms with Gasteiger partial charge in [0.2, 0.25) is 0 Å². The highest BCUT2D eigenvalue weighted by molar-refractivity contribution is 9.10. The Labute approximate surface area is 111 Å². The second-order valence-electron chi connectivity index (χ2n) is 4.05. The lowest BCUT2D eigenvalue weighted by molar-refractivity contribution is -0.0649. The zero-order valence-electron chi connectivity index (χ0n) is 9.35. The highest BCUT2D eigenvalue weighted by atomic mass is 79.9. The second kappa shape index (κ2) is 4.72. The van der Waals surface area contributed by atoms with Crippen LogP contribution in [0.3, 0.4) is 0 Å². The van der Waals surface area contributed by atoms with Crippen molar-refractivity contribution >= 4 is 15.9 Å². The fourth-order valence-electron chi connectivity index (χ4n) is 1.87. The maximum atomic E-state index is 11.7. The summed E-state index contributed by atoms with van der Waals surface area (Å²) in [6.07, 6.45) is 7.03. The fraction of sp³-hybridized carbons (Fsp3) is 0.455. The van der Waals surface area contributed by atoms with E-state index in [2.05, 4.69) is 26.8 Å². The summed E-state index contributed by atoms with van der Waals surface area (Å²) in [6.45, 7) is -0.306. The van der Waals surface area contributed by atoms with Gasteiger partial charge >= 0.3 is 5.69 Å². The Bertz CT molecular complexity index is 615. The number of rotatable bonds is 2. The molecule has 2 rings (SSSR count). The van der Waals surface area contributed by atoms with Gasteiger partial charge in [0.25, 0.3) is 5.56 Å². The first-order chi connectivity index (χ1) is 8.51. The van der Waals surface area contributed by atoms with Crippen LogP contribution >= 0.6 is 15.9 Å². The third-order valence-electron chi connectivity index (χ3n) is 2.91. The Kier molecular flexibility index (Phi) is 3.43. The van der Waals surface area contributed by atoms with Crippen molar-refractivity contribution in [1.29, 1.82) is 0 Å². The van der Waals surface area contributed by atoms with E-state index in [4.69, 9.17) is 11.2 Å². The first-order valence-electron chi connectivity index (χ1n) is 5.29. The summed E-state index contributed by atoms with van der Waals surface area (Å²) in [5.41, 5.74) is -2.12. The van der Waals surface area contributed by atoms with Crippen LogP contribution in [-0.2, 0) is 4.74 Å². The minimum atomic E-state index is -1.05. The Hall–Kier alpha value is -1.36. The van der Waals surface area contributed by atoms with Crippen molar-refractivity contribution in [3.05, 3.63) is 31.5 Å². The number of nitrogens with zero attached hydrogens (tertiary/aromatic N) is 1. The molecule has 6 nitrogen and oxygen atoms in total. The van der Waals surface area contributed by atoms with E-state index < -0.39 is 23.1 Å². The summed E-state index contributed by atoms with van der Waals surface area (Å²) < 4.78 is 7.02. The van der Waals surface area contributed by atoms with Gasteiger partial charge < -0.3 is 9.84 Å². The molecule has 0 radical (unpaired) electrons. The lowest BCUT2D eigenvalue weighted by Gasteiger charge is -2.21. The molecule has 0 saturated carbocycles. The third-order valence-corrected chi connectivity index (χ3v) is 3.47. The van der Waals surface area contributed by atoms with E-state index in [0.29, 0.717) is 12.8 Å². The molecule has 2 N–H and O–H groups in total. The van der Waals surface area contributed by atoms with Crippen LogP contribution in [0, 0.1) is 12.3 Å². The van der Waals surface area contributed by atoms with E-state index in [1.165, 1.54) is 10.8 Å². The molecule has 1 saturated heterocycles. The van der Waals surface area contributed by atoms with Crippen LogP contribution < -0.4 is 11.2 Å². The number of aromatic amines is 1. The summed E-state index contributed by atoms with van der Waals surface area (Å²) in [7, 11) is 0. The molecule has 7 heteroatoms. The van der Waals surface area contributed by atoms with Gasteiger partial charge in [-0.15, -0.1) is 6.42 Å². The molecular formula is C11H11BrN2O4. The van der Waals surface area contributed by atoms with Crippen LogP contribution in [0.15, 0.2) is 20.3 Å². The van der Waals surface area contributed by atoms with Gasteiger partial charge in [0.15, 0.2) is 5.60 Å². The Balaban J connectivity index is 2.36. The van der Waals surface area contributed by atoms with Crippen molar-refractivity contribution in [2.24, 2.45) is 0 Å². The van der Waals surface area contributed by atoms with Crippen molar-refractivity contribution in [2.75, 3.05) is 6.61 Å². The molecule has 18 heavy (non-hydrogen) atoms. The van der Waals surface area contributed by atoms with Gasteiger partial charge in [-0.2, -0.15) is 0 Å². The number of H-pyrrole nitrogens is 1. The molecule has 1 fully saturated rings. The predicted octanol–water partition coefficient (Wildman–Crippen LogP) is -0.0276. The van der Waals surface area contributed by atoms with E-state index >= 15 is 0 Å². The van der Waals surface area contributed by atoms with Gasteiger partial charge in [-0.25, -0.2) is 4.79 Å². The minimum Gasteiger partial charge on any atom is -0.392 e.